The number of benzene rings is 2. The Morgan fingerprint density at radius 2 is 1.64 bits per heavy atom. The molecule has 1 atom stereocenters. The molecule has 0 fully saturated rings. The number of hydrogen-bond acceptors (Lipinski definition) is 4. The number of carbonyl (C=O) groups is 2. The average molecular weight is 342 g/mol. The van der Waals surface area contributed by atoms with Gasteiger partial charge in [0.1, 0.15) is 11.5 Å². The molecule has 2 N–H and O–H groups in total. The van der Waals surface area contributed by atoms with E-state index in [9.17, 15) is 9.59 Å². The first kappa shape index (κ1) is 18.3. The van der Waals surface area contributed by atoms with Gasteiger partial charge < -0.3 is 20.1 Å². The molecule has 0 saturated carbocycles. The summed E-state index contributed by atoms with van der Waals surface area (Å²) < 4.78 is 10.9. The van der Waals surface area contributed by atoms with Gasteiger partial charge in [-0.15, -0.1) is 0 Å². The van der Waals surface area contributed by atoms with Crippen molar-refractivity contribution in [2.24, 2.45) is 0 Å². The summed E-state index contributed by atoms with van der Waals surface area (Å²) in [4.78, 5) is 23.6. The van der Waals surface area contributed by atoms with Crippen molar-refractivity contribution in [2.45, 2.75) is 26.4 Å². The van der Waals surface area contributed by atoms with Crippen molar-refractivity contribution in [1.82, 2.24) is 0 Å². The Morgan fingerprint density at radius 3 is 2.28 bits per heavy atom. The number of anilines is 2. The Labute approximate surface area is 147 Å². The predicted octanol–water partition coefficient (Wildman–Crippen LogP) is 3.45. The molecule has 6 nitrogen and oxygen atoms in total. The van der Waals surface area contributed by atoms with Gasteiger partial charge in [0.25, 0.3) is 5.91 Å². The molecule has 0 aliphatic carbocycles. The minimum Gasteiger partial charge on any atom is -0.497 e. The SMILES string of the molecule is CC[C@H](Oc1cccc(OC)c1)C(=O)Nc1cccc(NC(C)=O)c1. The predicted molar refractivity (Wildman–Crippen MR) is 97.1 cm³/mol. The second kappa shape index (κ2) is 8.73. The standard InChI is InChI=1S/C19H22N2O4/c1-4-18(25-17-10-6-9-16(12-17)24-3)19(23)21-15-8-5-7-14(11-15)20-13(2)22/h5-12,18H,4H2,1-3H3,(H,20,22)(H,21,23)/t18-/m0/s1. The number of hydrogen-bond donors (Lipinski definition) is 2. The molecule has 0 unspecified atom stereocenters. The highest BCUT2D eigenvalue weighted by molar-refractivity contribution is 5.95. The van der Waals surface area contributed by atoms with Gasteiger partial charge in [0.2, 0.25) is 5.91 Å². The molecular formula is C19H22N2O4. The van der Waals surface area contributed by atoms with E-state index in [0.29, 0.717) is 29.3 Å². The summed E-state index contributed by atoms with van der Waals surface area (Å²) in [6.07, 6.45) is -0.134. The van der Waals surface area contributed by atoms with E-state index >= 15 is 0 Å². The summed E-state index contributed by atoms with van der Waals surface area (Å²) >= 11 is 0. The van der Waals surface area contributed by atoms with Crippen LogP contribution in [0.4, 0.5) is 11.4 Å². The second-order valence-electron chi connectivity index (χ2n) is 5.44. The lowest BCUT2D eigenvalue weighted by Gasteiger charge is -2.18. The lowest BCUT2D eigenvalue weighted by molar-refractivity contribution is -0.122. The van der Waals surface area contributed by atoms with Crippen molar-refractivity contribution in [1.29, 1.82) is 0 Å². The zero-order valence-corrected chi connectivity index (χ0v) is 14.5. The molecule has 25 heavy (non-hydrogen) atoms. The third-order valence-corrected chi connectivity index (χ3v) is 3.43. The van der Waals surface area contributed by atoms with Crippen LogP contribution >= 0.6 is 0 Å². The number of methoxy groups -OCH3 is 1. The van der Waals surface area contributed by atoms with Crippen molar-refractivity contribution in [2.75, 3.05) is 17.7 Å². The zero-order valence-electron chi connectivity index (χ0n) is 14.5. The highest BCUT2D eigenvalue weighted by Gasteiger charge is 2.19. The van der Waals surface area contributed by atoms with Gasteiger partial charge in [0.05, 0.1) is 7.11 Å². The van der Waals surface area contributed by atoms with Gasteiger partial charge >= 0.3 is 0 Å². The topological polar surface area (TPSA) is 76.7 Å². The maximum absolute atomic E-state index is 12.5. The van der Waals surface area contributed by atoms with E-state index in [2.05, 4.69) is 10.6 Å². The third kappa shape index (κ3) is 5.53. The fourth-order valence-electron chi connectivity index (χ4n) is 2.26. The third-order valence-electron chi connectivity index (χ3n) is 3.43. The van der Waals surface area contributed by atoms with Gasteiger partial charge in [-0.1, -0.05) is 19.1 Å². The van der Waals surface area contributed by atoms with Crippen molar-refractivity contribution >= 4 is 23.2 Å². The molecule has 0 aliphatic rings. The highest BCUT2D eigenvalue weighted by atomic mass is 16.5. The van der Waals surface area contributed by atoms with E-state index in [0.717, 1.165) is 0 Å². The minimum atomic E-state index is -0.642. The Morgan fingerprint density at radius 1 is 1.00 bits per heavy atom. The maximum Gasteiger partial charge on any atom is 0.265 e. The van der Waals surface area contributed by atoms with E-state index in [4.69, 9.17) is 9.47 Å². The van der Waals surface area contributed by atoms with E-state index in [1.807, 2.05) is 6.92 Å². The van der Waals surface area contributed by atoms with Crippen molar-refractivity contribution in [3.8, 4) is 11.5 Å². The molecule has 2 amide bonds. The van der Waals surface area contributed by atoms with Gasteiger partial charge in [-0.25, -0.2) is 0 Å². The molecule has 0 heterocycles. The van der Waals surface area contributed by atoms with Gasteiger partial charge in [-0.05, 0) is 36.8 Å². The van der Waals surface area contributed by atoms with Gasteiger partial charge in [-0.2, -0.15) is 0 Å². The number of amides is 2. The van der Waals surface area contributed by atoms with Crippen LogP contribution in [0.3, 0.4) is 0 Å². The monoisotopic (exact) mass is 342 g/mol. The average Bonchev–Trinajstić information content (AvgIpc) is 2.59. The van der Waals surface area contributed by atoms with Crippen LogP contribution in [0.1, 0.15) is 20.3 Å². The zero-order chi connectivity index (χ0) is 18.2. The van der Waals surface area contributed by atoms with E-state index in [1.54, 1.807) is 55.6 Å². The van der Waals surface area contributed by atoms with Crippen LogP contribution < -0.4 is 20.1 Å². The first-order valence-electron chi connectivity index (χ1n) is 8.01. The molecule has 0 aliphatic heterocycles. The first-order chi connectivity index (χ1) is 12.0. The summed E-state index contributed by atoms with van der Waals surface area (Å²) in [5, 5.41) is 5.49. The molecule has 0 bridgehead atoms. The van der Waals surface area contributed by atoms with Crippen LogP contribution in [0.2, 0.25) is 0 Å². The fourth-order valence-corrected chi connectivity index (χ4v) is 2.26. The Kier molecular flexibility index (Phi) is 6.39. The summed E-state index contributed by atoms with van der Waals surface area (Å²) in [6.45, 7) is 3.30. The second-order valence-corrected chi connectivity index (χ2v) is 5.44. The van der Waals surface area contributed by atoms with Crippen LogP contribution in [0.15, 0.2) is 48.5 Å². The molecule has 132 valence electrons. The summed E-state index contributed by atoms with van der Waals surface area (Å²) in [7, 11) is 1.57. The van der Waals surface area contributed by atoms with Gasteiger partial charge in [0, 0.05) is 24.4 Å². The van der Waals surface area contributed by atoms with Crippen LogP contribution in [-0.2, 0) is 9.59 Å². The molecule has 0 saturated heterocycles. The molecule has 2 aromatic rings. The molecule has 2 aromatic carbocycles. The largest absolute Gasteiger partial charge is 0.497 e. The molecule has 0 aromatic heterocycles. The van der Waals surface area contributed by atoms with Crippen LogP contribution in [0, 0.1) is 0 Å². The fraction of sp³-hybridized carbons (Fsp3) is 0.263. The number of carbonyl (C=O) groups excluding carboxylic acids is 2. The molecular weight excluding hydrogens is 320 g/mol. The maximum atomic E-state index is 12.5. The summed E-state index contributed by atoms with van der Waals surface area (Å²) in [6, 6.07) is 14.1. The molecule has 0 radical (unpaired) electrons. The number of ether oxygens (including phenoxy) is 2. The van der Waals surface area contributed by atoms with Crippen molar-refractivity contribution in [3.05, 3.63) is 48.5 Å². The molecule has 2 rings (SSSR count). The normalized spacial score (nSPS) is 11.3. The van der Waals surface area contributed by atoms with Crippen LogP contribution in [-0.4, -0.2) is 25.0 Å². The summed E-state index contributed by atoms with van der Waals surface area (Å²) in [5.74, 6) is 0.797. The summed E-state index contributed by atoms with van der Waals surface area (Å²) in [5.41, 5.74) is 1.20. The van der Waals surface area contributed by atoms with Gasteiger partial charge in [-0.3, -0.25) is 9.59 Å². The van der Waals surface area contributed by atoms with E-state index in [1.165, 1.54) is 6.92 Å². The first-order valence-corrected chi connectivity index (χ1v) is 8.01. The quantitative estimate of drug-likeness (QED) is 0.808. The van der Waals surface area contributed by atoms with E-state index in [-0.39, 0.29) is 11.8 Å². The molecule has 6 heteroatoms. The van der Waals surface area contributed by atoms with E-state index < -0.39 is 6.10 Å². The highest BCUT2D eigenvalue weighted by Crippen LogP contribution is 2.21. The number of nitrogens with one attached hydrogen (secondary N) is 2. The lowest BCUT2D eigenvalue weighted by Crippen LogP contribution is -2.32. The Hall–Kier alpha value is -3.02. The number of rotatable bonds is 7. The minimum absolute atomic E-state index is 0.170. The van der Waals surface area contributed by atoms with Crippen LogP contribution in [0.5, 0.6) is 11.5 Å². The Bertz CT molecular complexity index is 746. The lowest BCUT2D eigenvalue weighted by atomic mass is 10.2. The molecule has 0 spiro atoms. The Balaban J connectivity index is 2.05. The van der Waals surface area contributed by atoms with Gasteiger partial charge in [0.15, 0.2) is 6.10 Å². The van der Waals surface area contributed by atoms with Crippen LogP contribution in [0.25, 0.3) is 0 Å². The smallest absolute Gasteiger partial charge is 0.265 e. The van der Waals surface area contributed by atoms with Crippen molar-refractivity contribution in [3.63, 3.8) is 0 Å². The van der Waals surface area contributed by atoms with Crippen molar-refractivity contribution < 1.29 is 19.1 Å².